The average Bonchev–Trinajstić information content (AvgIpc) is 3.28. The molecule has 0 unspecified atom stereocenters. The van der Waals surface area contributed by atoms with E-state index in [1.54, 1.807) is 17.5 Å². The van der Waals surface area contributed by atoms with Crippen LogP contribution in [-0.4, -0.2) is 40.4 Å². The lowest BCUT2D eigenvalue weighted by atomic mass is 9.97. The van der Waals surface area contributed by atoms with Gasteiger partial charge in [0.05, 0.1) is 22.4 Å². The van der Waals surface area contributed by atoms with Crippen molar-refractivity contribution in [2.24, 2.45) is 5.92 Å². The fourth-order valence-electron chi connectivity index (χ4n) is 5.18. The molecule has 0 radical (unpaired) electrons. The lowest BCUT2D eigenvalue weighted by Gasteiger charge is -2.14. The predicted molar refractivity (Wildman–Crippen MR) is 149 cm³/mol. The normalized spacial score (nSPS) is 15.7. The molecule has 2 aliphatic rings. The molecule has 0 bridgehead atoms. The molecule has 2 aromatic carbocycles. The first kappa shape index (κ1) is 25.8. The Balaban J connectivity index is 1.46. The van der Waals surface area contributed by atoms with Gasteiger partial charge >= 0.3 is 5.97 Å². The van der Waals surface area contributed by atoms with E-state index >= 15 is 0 Å². The fraction of sp³-hybridized carbons (Fsp3) is 0.345. The van der Waals surface area contributed by atoms with Gasteiger partial charge in [-0.1, -0.05) is 24.3 Å². The van der Waals surface area contributed by atoms with Crippen LogP contribution < -0.4 is 4.74 Å². The van der Waals surface area contributed by atoms with E-state index in [2.05, 4.69) is 4.98 Å². The van der Waals surface area contributed by atoms with Crippen LogP contribution in [0.2, 0.25) is 0 Å². The van der Waals surface area contributed by atoms with E-state index in [-0.39, 0.29) is 16.7 Å². The number of aromatic nitrogens is 3. The number of carbonyl (C=O) groups is 1. The van der Waals surface area contributed by atoms with E-state index in [1.165, 1.54) is 24.2 Å². The van der Waals surface area contributed by atoms with E-state index in [4.69, 9.17) is 9.84 Å². The van der Waals surface area contributed by atoms with Gasteiger partial charge in [0.25, 0.3) is 0 Å². The quantitative estimate of drug-likeness (QED) is 0.244. The molecule has 6 rings (SSSR count). The third-order valence-electron chi connectivity index (χ3n) is 7.40. The minimum absolute atomic E-state index is 0.000228. The van der Waals surface area contributed by atoms with Crippen LogP contribution in [0.4, 0.5) is 0 Å². The van der Waals surface area contributed by atoms with Gasteiger partial charge in [-0.25, -0.2) is 22.9 Å². The highest BCUT2D eigenvalue weighted by Gasteiger charge is 2.29. The summed E-state index contributed by atoms with van der Waals surface area (Å²) in [6.07, 6.45) is 8.41. The third kappa shape index (κ3) is 5.77. The molecule has 202 valence electrons. The van der Waals surface area contributed by atoms with Crippen LogP contribution in [0.25, 0.3) is 16.4 Å². The number of benzene rings is 2. The zero-order valence-electron chi connectivity index (χ0n) is 21.3. The Hall–Kier alpha value is -3.50. The number of hydrogen-bond acceptors (Lipinski definition) is 7. The van der Waals surface area contributed by atoms with Gasteiger partial charge in [-0.15, -0.1) is 11.3 Å². The van der Waals surface area contributed by atoms with Crippen molar-refractivity contribution in [3.05, 3.63) is 76.4 Å². The monoisotopic (exact) mass is 563 g/mol. The predicted octanol–water partition coefficient (Wildman–Crippen LogP) is 5.53. The van der Waals surface area contributed by atoms with Crippen molar-refractivity contribution in [2.45, 2.75) is 62.4 Å². The molecule has 0 spiro atoms. The highest BCUT2D eigenvalue weighted by atomic mass is 32.2. The lowest BCUT2D eigenvalue weighted by Crippen LogP contribution is -2.10. The third-order valence-corrected chi connectivity index (χ3v) is 8.94. The van der Waals surface area contributed by atoms with Gasteiger partial charge in [0.15, 0.2) is 16.4 Å². The molecule has 10 heteroatoms. The zero-order valence-corrected chi connectivity index (χ0v) is 23.0. The number of aromatic carboxylic acids is 1. The molecule has 0 saturated heterocycles. The summed E-state index contributed by atoms with van der Waals surface area (Å²) in [5.41, 5.74) is 4.74. The summed E-state index contributed by atoms with van der Waals surface area (Å²) < 4.78 is 30.9. The van der Waals surface area contributed by atoms with Crippen LogP contribution in [0, 0.1) is 5.92 Å². The van der Waals surface area contributed by atoms with E-state index < -0.39 is 16.7 Å². The van der Waals surface area contributed by atoms with Crippen molar-refractivity contribution in [1.29, 1.82) is 0 Å². The first-order valence-electron chi connectivity index (χ1n) is 13.2. The summed E-state index contributed by atoms with van der Waals surface area (Å²) in [4.78, 5) is 16.2. The second kappa shape index (κ2) is 10.9. The molecule has 8 nitrogen and oxygen atoms in total. The zero-order chi connectivity index (χ0) is 26.9. The van der Waals surface area contributed by atoms with Crippen molar-refractivity contribution in [2.75, 3.05) is 0 Å². The largest absolute Gasteiger partial charge is 0.490 e. The molecule has 4 aromatic rings. The van der Waals surface area contributed by atoms with Gasteiger partial charge in [0.2, 0.25) is 5.13 Å². The maximum atomic E-state index is 11.6. The van der Waals surface area contributed by atoms with Gasteiger partial charge in [0.1, 0.15) is 5.75 Å². The van der Waals surface area contributed by atoms with Gasteiger partial charge in [-0.2, -0.15) is 5.10 Å². The molecular weight excluding hydrogens is 534 g/mol. The first-order valence-corrected chi connectivity index (χ1v) is 15.3. The number of nitrogens with zero attached hydrogens (tertiary/aromatic N) is 3. The number of rotatable bonds is 10. The molecule has 0 atom stereocenters. The average molecular weight is 564 g/mol. The molecule has 2 aromatic heterocycles. The molecule has 39 heavy (non-hydrogen) atoms. The Kier molecular flexibility index (Phi) is 7.22. The first-order chi connectivity index (χ1) is 18.9. The highest BCUT2D eigenvalue weighted by molar-refractivity contribution is 7.72. The van der Waals surface area contributed by atoms with Gasteiger partial charge in [-0.3, -0.25) is 0 Å². The topological polar surface area (TPSA) is 111 Å². The number of thiazole rings is 1. The molecular formula is C29H29N3O5S2. The van der Waals surface area contributed by atoms with Crippen molar-refractivity contribution in [3.8, 4) is 22.1 Å². The molecule has 0 amide bonds. The highest BCUT2D eigenvalue weighted by Crippen LogP contribution is 2.39. The van der Waals surface area contributed by atoms with Crippen molar-refractivity contribution in [1.82, 2.24) is 14.8 Å². The summed E-state index contributed by atoms with van der Waals surface area (Å²) in [6.45, 7) is 0. The molecule has 2 saturated carbocycles. The minimum atomic E-state index is -2.64. The summed E-state index contributed by atoms with van der Waals surface area (Å²) in [5.74, 6) is 0.298. The van der Waals surface area contributed by atoms with E-state index in [1.807, 2.05) is 41.1 Å². The van der Waals surface area contributed by atoms with Gasteiger partial charge in [0, 0.05) is 22.9 Å². The Bertz CT molecular complexity index is 1570. The minimum Gasteiger partial charge on any atom is -0.490 e. The summed E-state index contributed by atoms with van der Waals surface area (Å²) in [6, 6.07) is 15.0. The van der Waals surface area contributed by atoms with Crippen LogP contribution in [0.5, 0.6) is 5.75 Å². The smallest absolute Gasteiger partial charge is 0.355 e. The van der Waals surface area contributed by atoms with Crippen molar-refractivity contribution >= 4 is 28.0 Å². The van der Waals surface area contributed by atoms with Crippen LogP contribution in [0.15, 0.2) is 58.8 Å². The Labute approximate surface area is 232 Å². The molecule has 2 fully saturated rings. The van der Waals surface area contributed by atoms with Crippen molar-refractivity contribution < 1.29 is 23.1 Å². The Morgan fingerprint density at radius 2 is 1.85 bits per heavy atom. The Morgan fingerprint density at radius 1 is 1.08 bits per heavy atom. The van der Waals surface area contributed by atoms with Crippen LogP contribution in [0.1, 0.15) is 65.8 Å². The lowest BCUT2D eigenvalue weighted by molar-refractivity contribution is 0.0691. The maximum absolute atomic E-state index is 11.6. The van der Waals surface area contributed by atoms with Crippen LogP contribution in [0.3, 0.4) is 0 Å². The number of ether oxygens (including phenoxy) is 1. The summed E-state index contributed by atoms with van der Waals surface area (Å²) >= 11 is 1.26. The van der Waals surface area contributed by atoms with E-state index in [0.29, 0.717) is 17.5 Å². The fourth-order valence-corrected chi connectivity index (χ4v) is 6.35. The second-order valence-electron chi connectivity index (χ2n) is 10.3. The molecule has 1 N–H and O–H groups in total. The van der Waals surface area contributed by atoms with Crippen LogP contribution in [-0.2, 0) is 23.5 Å². The number of carboxylic acids is 1. The van der Waals surface area contributed by atoms with E-state index in [9.17, 15) is 18.3 Å². The van der Waals surface area contributed by atoms with Gasteiger partial charge < -0.3 is 9.84 Å². The van der Waals surface area contributed by atoms with E-state index in [0.717, 1.165) is 65.9 Å². The van der Waals surface area contributed by atoms with Gasteiger partial charge in [-0.05, 0) is 80.7 Å². The maximum Gasteiger partial charge on any atom is 0.355 e. The summed E-state index contributed by atoms with van der Waals surface area (Å²) in [7, 11) is -2.64. The SMILES string of the molecule is O=C(O)c1csc(-n2nc(-c3cccc(OC4CCCC4)c3)c(Cc3ccc([SH](=O)=O)cc3)c2CC2CC2)n1. The van der Waals surface area contributed by atoms with Crippen LogP contribution >= 0.6 is 11.3 Å². The molecule has 2 aliphatic carbocycles. The number of thiol groups is 1. The Morgan fingerprint density at radius 3 is 2.51 bits per heavy atom. The molecule has 0 aliphatic heterocycles. The number of hydrogen-bond donors (Lipinski definition) is 2. The molecule has 2 heterocycles. The van der Waals surface area contributed by atoms with Crippen molar-refractivity contribution in [3.63, 3.8) is 0 Å². The second-order valence-corrected chi connectivity index (χ2v) is 12.2. The number of carboxylic acid groups (broad SMARTS) is 1. The standard InChI is InChI=1S/C29H29N3O5S2/c33-28(34)25-17-38-29(30-25)32-26(15-19-8-9-19)24(14-18-10-12-23(13-11-18)39(35)36)27(31-32)20-4-3-7-22(16-20)37-21-5-1-2-6-21/h3-4,7,10-13,16-17,19,21,39H,1-2,5-6,8-9,14-15H2,(H,33,34). The summed E-state index contributed by atoms with van der Waals surface area (Å²) in [5, 5.41) is 16.6.